The smallest absolute Gasteiger partial charge is 0.372 e. The number of carbonyl (C=O) groups is 1. The molecule has 1 N–H and O–H groups in total. The van der Waals surface area contributed by atoms with Crippen LogP contribution in [0, 0.1) is 0 Å². The highest BCUT2D eigenvalue weighted by molar-refractivity contribution is 14.1. The van der Waals surface area contributed by atoms with Crippen molar-refractivity contribution in [2.75, 3.05) is 12.4 Å². The lowest BCUT2D eigenvalue weighted by molar-refractivity contribution is -0.127. The van der Waals surface area contributed by atoms with Gasteiger partial charge >= 0.3 is 9.84 Å². The zero-order valence-electron chi connectivity index (χ0n) is 7.76. The van der Waals surface area contributed by atoms with Gasteiger partial charge in [0.05, 0.1) is 7.11 Å². The fraction of sp³-hybridized carbons (Fsp3) is 0.222. The Kier molecular flexibility index (Phi) is 3.83. The molecule has 0 radical (unpaired) electrons. The van der Waals surface area contributed by atoms with E-state index in [2.05, 4.69) is 5.32 Å². The molecule has 0 bridgehead atoms. The number of methoxy groups -OCH3 is 1. The van der Waals surface area contributed by atoms with Crippen molar-refractivity contribution in [1.82, 2.24) is 0 Å². The van der Waals surface area contributed by atoms with Crippen molar-refractivity contribution in [3.63, 3.8) is 0 Å². The van der Waals surface area contributed by atoms with Crippen LogP contribution in [0.2, 0.25) is 0 Å². The van der Waals surface area contributed by atoms with Gasteiger partial charge in [0.15, 0.2) is 0 Å². The van der Waals surface area contributed by atoms with Gasteiger partial charge in [-0.1, -0.05) is 0 Å². The lowest BCUT2D eigenvalue weighted by Crippen LogP contribution is -2.28. The lowest BCUT2D eigenvalue weighted by Gasteiger charge is -2.09. The van der Waals surface area contributed by atoms with Crippen LogP contribution < -0.4 is 10.1 Å². The number of carbonyl (C=O) groups excluding carboxylic acids is 1. The molecular formula is C9H8F2INO2. The molecule has 0 unspecified atom stereocenters. The largest absolute Gasteiger partial charge is 0.497 e. The summed E-state index contributed by atoms with van der Waals surface area (Å²) in [5.74, 6) is -0.748. The molecule has 1 aromatic rings. The monoisotopic (exact) mass is 327 g/mol. The molecule has 0 aromatic heterocycles. The van der Waals surface area contributed by atoms with Gasteiger partial charge in [0, 0.05) is 28.3 Å². The third-order valence-corrected chi connectivity index (χ3v) is 2.10. The second kappa shape index (κ2) is 4.73. The van der Waals surface area contributed by atoms with Gasteiger partial charge in [-0.25, -0.2) is 0 Å². The SMILES string of the molecule is COc1ccc(NC(=O)C(F)(F)I)cc1. The summed E-state index contributed by atoms with van der Waals surface area (Å²) in [5.41, 5.74) is 0.303. The average molecular weight is 327 g/mol. The van der Waals surface area contributed by atoms with Gasteiger partial charge < -0.3 is 10.1 Å². The van der Waals surface area contributed by atoms with Gasteiger partial charge in [0.25, 0.3) is 0 Å². The number of hydrogen-bond acceptors (Lipinski definition) is 2. The van der Waals surface area contributed by atoms with Crippen LogP contribution in [-0.2, 0) is 4.79 Å². The van der Waals surface area contributed by atoms with E-state index in [0.717, 1.165) is 22.6 Å². The van der Waals surface area contributed by atoms with Crippen LogP contribution in [-0.4, -0.2) is 16.9 Å². The molecule has 6 heteroatoms. The van der Waals surface area contributed by atoms with E-state index in [1.807, 2.05) is 0 Å². The number of amides is 1. The maximum Gasteiger partial charge on any atom is 0.372 e. The van der Waals surface area contributed by atoms with Crippen LogP contribution in [0.1, 0.15) is 0 Å². The second-order valence-corrected chi connectivity index (χ2v) is 4.04. The minimum Gasteiger partial charge on any atom is -0.497 e. The average Bonchev–Trinajstić information content (AvgIpc) is 2.17. The predicted octanol–water partition coefficient (Wildman–Crippen LogP) is 2.66. The first-order valence-electron chi connectivity index (χ1n) is 3.95. The molecule has 0 fully saturated rings. The van der Waals surface area contributed by atoms with Gasteiger partial charge in [-0.15, -0.1) is 0 Å². The fourth-order valence-corrected chi connectivity index (χ4v) is 1.01. The van der Waals surface area contributed by atoms with E-state index in [1.54, 1.807) is 12.1 Å². The summed E-state index contributed by atoms with van der Waals surface area (Å²) in [7, 11) is 1.49. The number of hydrogen-bond donors (Lipinski definition) is 1. The van der Waals surface area contributed by atoms with Crippen molar-refractivity contribution in [1.29, 1.82) is 0 Å². The molecule has 1 rings (SSSR count). The number of rotatable bonds is 3. The summed E-state index contributed by atoms with van der Waals surface area (Å²) in [4.78, 5) is 10.9. The highest BCUT2D eigenvalue weighted by Gasteiger charge is 2.34. The minimum absolute atomic E-state index is 0.303. The third-order valence-electron chi connectivity index (χ3n) is 1.61. The molecule has 1 aromatic carbocycles. The van der Waals surface area contributed by atoms with Crippen molar-refractivity contribution in [2.24, 2.45) is 0 Å². The normalized spacial score (nSPS) is 10.9. The van der Waals surface area contributed by atoms with Crippen molar-refractivity contribution in [3.05, 3.63) is 24.3 Å². The molecule has 15 heavy (non-hydrogen) atoms. The van der Waals surface area contributed by atoms with E-state index in [9.17, 15) is 13.6 Å². The first kappa shape index (κ1) is 12.2. The van der Waals surface area contributed by atoms with Gasteiger partial charge in [0.2, 0.25) is 0 Å². The maximum atomic E-state index is 12.5. The van der Waals surface area contributed by atoms with Crippen LogP contribution in [0.4, 0.5) is 14.5 Å². The van der Waals surface area contributed by atoms with E-state index in [1.165, 1.54) is 19.2 Å². The van der Waals surface area contributed by atoms with Gasteiger partial charge in [-0.3, -0.25) is 4.79 Å². The highest BCUT2D eigenvalue weighted by Crippen LogP contribution is 2.24. The summed E-state index contributed by atoms with van der Waals surface area (Å²) in [6, 6.07) is 6.11. The molecule has 0 aliphatic rings. The Labute approximate surface area is 98.9 Å². The number of alkyl halides is 3. The van der Waals surface area contributed by atoms with Gasteiger partial charge in [-0.2, -0.15) is 8.78 Å². The van der Waals surface area contributed by atoms with Crippen LogP contribution in [0.3, 0.4) is 0 Å². The number of ether oxygens (including phenoxy) is 1. The molecular weight excluding hydrogens is 319 g/mol. The van der Waals surface area contributed by atoms with Crippen LogP contribution in [0.5, 0.6) is 5.75 Å². The standard InChI is InChI=1S/C9H8F2INO2/c1-15-7-4-2-6(3-5-7)13-8(14)9(10,11)12/h2-5H,1H3,(H,13,14). The van der Waals surface area contributed by atoms with E-state index in [4.69, 9.17) is 4.74 Å². The van der Waals surface area contributed by atoms with Crippen LogP contribution >= 0.6 is 22.6 Å². The van der Waals surface area contributed by atoms with Crippen LogP contribution in [0.25, 0.3) is 0 Å². The minimum atomic E-state index is -3.41. The zero-order chi connectivity index (χ0) is 11.5. The van der Waals surface area contributed by atoms with Crippen molar-refractivity contribution < 1.29 is 18.3 Å². The van der Waals surface area contributed by atoms with Gasteiger partial charge in [-0.05, 0) is 24.3 Å². The highest BCUT2D eigenvalue weighted by atomic mass is 127. The van der Waals surface area contributed by atoms with E-state index >= 15 is 0 Å². The van der Waals surface area contributed by atoms with E-state index in [-0.39, 0.29) is 0 Å². The van der Waals surface area contributed by atoms with Crippen LogP contribution in [0.15, 0.2) is 24.3 Å². The summed E-state index contributed by atoms with van der Waals surface area (Å²) in [5, 5.41) is 2.08. The first-order valence-corrected chi connectivity index (χ1v) is 5.03. The first-order chi connectivity index (χ1) is 6.93. The maximum absolute atomic E-state index is 12.5. The Morgan fingerprint density at radius 2 is 1.93 bits per heavy atom. The summed E-state index contributed by atoms with van der Waals surface area (Å²) < 4.78 is 26.5. The molecule has 0 heterocycles. The summed E-state index contributed by atoms with van der Waals surface area (Å²) in [6.07, 6.45) is 0. The quantitative estimate of drug-likeness (QED) is 0.685. The summed E-state index contributed by atoms with van der Waals surface area (Å²) in [6.45, 7) is 0. The molecule has 0 aliphatic carbocycles. The topological polar surface area (TPSA) is 38.3 Å². The van der Waals surface area contributed by atoms with E-state index < -0.39 is 9.84 Å². The third kappa shape index (κ3) is 3.61. The van der Waals surface area contributed by atoms with Gasteiger partial charge in [0.1, 0.15) is 5.75 Å². The molecule has 3 nitrogen and oxygen atoms in total. The number of anilines is 1. The Hall–Kier alpha value is -0.920. The Morgan fingerprint density at radius 3 is 2.33 bits per heavy atom. The molecule has 82 valence electrons. The fourth-order valence-electron chi connectivity index (χ4n) is 0.876. The predicted molar refractivity (Wildman–Crippen MR) is 60.6 cm³/mol. The Balaban J connectivity index is 2.70. The number of nitrogens with one attached hydrogen (secondary N) is 1. The Bertz CT molecular complexity index is 348. The number of halogens is 3. The van der Waals surface area contributed by atoms with Crippen molar-refractivity contribution in [3.8, 4) is 5.75 Å². The summed E-state index contributed by atoms with van der Waals surface area (Å²) >= 11 is 0.773. The van der Waals surface area contributed by atoms with Crippen molar-refractivity contribution >= 4 is 34.2 Å². The lowest BCUT2D eigenvalue weighted by atomic mass is 10.3. The molecule has 1 amide bonds. The molecule has 0 spiro atoms. The molecule has 0 aliphatic heterocycles. The zero-order valence-corrected chi connectivity index (χ0v) is 9.92. The van der Waals surface area contributed by atoms with Crippen molar-refractivity contribution in [2.45, 2.75) is 3.93 Å². The van der Waals surface area contributed by atoms with E-state index in [0.29, 0.717) is 11.4 Å². The number of benzene rings is 1. The molecule has 0 saturated heterocycles. The Morgan fingerprint density at radius 1 is 1.40 bits per heavy atom. The second-order valence-electron chi connectivity index (χ2n) is 2.68. The molecule has 0 atom stereocenters. The molecule has 0 saturated carbocycles.